The predicted octanol–water partition coefficient (Wildman–Crippen LogP) is 0.961. The molecule has 1 aromatic rings. The van der Waals surface area contributed by atoms with Gasteiger partial charge >= 0.3 is 0 Å². The number of nitrogens with one attached hydrogen (secondary N) is 1. The number of pyridine rings is 1. The fourth-order valence-electron chi connectivity index (χ4n) is 2.04. The molecule has 2 heterocycles. The van der Waals surface area contributed by atoms with Gasteiger partial charge in [0.15, 0.2) is 0 Å². The molecular weight excluding hydrogens is 230 g/mol. The molecule has 0 radical (unpaired) electrons. The SMILES string of the molecule is CCCNC(=O)C1CC(=O)N(c2cccnc2)C1. The van der Waals surface area contributed by atoms with E-state index >= 15 is 0 Å². The number of hydrogen-bond acceptors (Lipinski definition) is 3. The molecule has 5 heteroatoms. The second-order valence-corrected chi connectivity index (χ2v) is 4.41. The first-order valence-electron chi connectivity index (χ1n) is 6.20. The van der Waals surface area contributed by atoms with Crippen molar-refractivity contribution < 1.29 is 9.59 Å². The second-order valence-electron chi connectivity index (χ2n) is 4.41. The molecule has 1 aromatic heterocycles. The topological polar surface area (TPSA) is 62.3 Å². The summed E-state index contributed by atoms with van der Waals surface area (Å²) in [5, 5.41) is 2.83. The second kappa shape index (κ2) is 5.62. The van der Waals surface area contributed by atoms with E-state index < -0.39 is 0 Å². The lowest BCUT2D eigenvalue weighted by Gasteiger charge is -2.15. The molecule has 1 N–H and O–H groups in total. The van der Waals surface area contributed by atoms with Crippen molar-refractivity contribution in [3.63, 3.8) is 0 Å². The van der Waals surface area contributed by atoms with Gasteiger partial charge in [-0.3, -0.25) is 14.6 Å². The first-order valence-corrected chi connectivity index (χ1v) is 6.20. The molecule has 1 aliphatic rings. The molecule has 0 aromatic carbocycles. The number of carbonyl (C=O) groups is 2. The monoisotopic (exact) mass is 247 g/mol. The average Bonchev–Trinajstić information content (AvgIpc) is 2.79. The Morgan fingerprint density at radius 2 is 2.44 bits per heavy atom. The van der Waals surface area contributed by atoms with Gasteiger partial charge in [0.1, 0.15) is 0 Å². The van der Waals surface area contributed by atoms with Crippen LogP contribution in [0, 0.1) is 5.92 Å². The maximum Gasteiger partial charge on any atom is 0.227 e. The van der Waals surface area contributed by atoms with E-state index in [9.17, 15) is 9.59 Å². The molecule has 96 valence electrons. The molecule has 1 aliphatic heterocycles. The normalized spacial score (nSPS) is 19.1. The van der Waals surface area contributed by atoms with Gasteiger partial charge in [0.25, 0.3) is 0 Å². The number of aromatic nitrogens is 1. The minimum atomic E-state index is -0.246. The third-order valence-electron chi connectivity index (χ3n) is 3.00. The van der Waals surface area contributed by atoms with Crippen LogP contribution in [-0.2, 0) is 9.59 Å². The van der Waals surface area contributed by atoms with Gasteiger partial charge in [-0.1, -0.05) is 6.92 Å². The van der Waals surface area contributed by atoms with E-state index in [0.29, 0.717) is 13.1 Å². The van der Waals surface area contributed by atoms with Crippen LogP contribution in [0.2, 0.25) is 0 Å². The molecule has 1 unspecified atom stereocenters. The van der Waals surface area contributed by atoms with Crippen LogP contribution in [0.1, 0.15) is 19.8 Å². The van der Waals surface area contributed by atoms with Crippen LogP contribution >= 0.6 is 0 Å². The summed E-state index contributed by atoms with van der Waals surface area (Å²) in [6.07, 6.45) is 4.49. The van der Waals surface area contributed by atoms with Crippen LogP contribution in [0.15, 0.2) is 24.5 Å². The van der Waals surface area contributed by atoms with Gasteiger partial charge in [0.05, 0.1) is 17.8 Å². The molecule has 0 aliphatic carbocycles. The number of carbonyl (C=O) groups excluding carboxylic acids is 2. The van der Waals surface area contributed by atoms with E-state index in [0.717, 1.165) is 12.1 Å². The van der Waals surface area contributed by atoms with Crippen molar-refractivity contribution in [2.75, 3.05) is 18.0 Å². The summed E-state index contributed by atoms with van der Waals surface area (Å²) in [5.74, 6) is -0.291. The maximum absolute atomic E-state index is 11.9. The highest BCUT2D eigenvalue weighted by Crippen LogP contribution is 2.24. The third-order valence-corrected chi connectivity index (χ3v) is 3.00. The van der Waals surface area contributed by atoms with Crippen molar-refractivity contribution in [1.82, 2.24) is 10.3 Å². The molecule has 5 nitrogen and oxygen atoms in total. The average molecular weight is 247 g/mol. The Hall–Kier alpha value is -1.91. The minimum absolute atomic E-state index is 0.0142. The van der Waals surface area contributed by atoms with Gasteiger partial charge in [-0.2, -0.15) is 0 Å². The van der Waals surface area contributed by atoms with Gasteiger partial charge in [0, 0.05) is 25.7 Å². The Kier molecular flexibility index (Phi) is 3.92. The molecule has 2 rings (SSSR count). The molecule has 0 saturated carbocycles. The van der Waals surface area contributed by atoms with E-state index in [2.05, 4.69) is 10.3 Å². The van der Waals surface area contributed by atoms with Gasteiger partial charge < -0.3 is 10.2 Å². The lowest BCUT2D eigenvalue weighted by molar-refractivity contribution is -0.126. The number of amides is 2. The molecule has 18 heavy (non-hydrogen) atoms. The summed E-state index contributed by atoms with van der Waals surface area (Å²) in [6, 6.07) is 3.62. The van der Waals surface area contributed by atoms with Gasteiger partial charge in [-0.05, 0) is 18.6 Å². The van der Waals surface area contributed by atoms with Crippen LogP contribution in [0.25, 0.3) is 0 Å². The molecule has 1 fully saturated rings. The van der Waals surface area contributed by atoms with E-state index in [4.69, 9.17) is 0 Å². The molecule has 2 amide bonds. The smallest absolute Gasteiger partial charge is 0.227 e. The van der Waals surface area contributed by atoms with Gasteiger partial charge in [-0.25, -0.2) is 0 Å². The number of hydrogen-bond donors (Lipinski definition) is 1. The van der Waals surface area contributed by atoms with Crippen molar-refractivity contribution in [3.8, 4) is 0 Å². The van der Waals surface area contributed by atoms with Crippen LogP contribution in [-0.4, -0.2) is 29.9 Å². The van der Waals surface area contributed by atoms with Crippen molar-refractivity contribution in [2.45, 2.75) is 19.8 Å². The van der Waals surface area contributed by atoms with Gasteiger partial charge in [-0.15, -0.1) is 0 Å². The predicted molar refractivity (Wildman–Crippen MR) is 68.0 cm³/mol. The van der Waals surface area contributed by atoms with Crippen molar-refractivity contribution >= 4 is 17.5 Å². The summed E-state index contributed by atoms with van der Waals surface area (Å²) in [6.45, 7) is 3.11. The summed E-state index contributed by atoms with van der Waals surface area (Å²) < 4.78 is 0. The standard InChI is InChI=1S/C13H17N3O2/c1-2-5-15-13(18)10-7-12(17)16(9-10)11-4-3-6-14-8-11/h3-4,6,8,10H,2,5,7,9H2,1H3,(H,15,18). The Morgan fingerprint density at radius 1 is 1.61 bits per heavy atom. The van der Waals surface area contributed by atoms with E-state index in [1.165, 1.54) is 0 Å². The van der Waals surface area contributed by atoms with E-state index in [-0.39, 0.29) is 24.2 Å². The quantitative estimate of drug-likeness (QED) is 0.862. The van der Waals surface area contributed by atoms with Crippen LogP contribution in [0.3, 0.4) is 0 Å². The number of anilines is 1. The zero-order chi connectivity index (χ0) is 13.0. The first kappa shape index (κ1) is 12.5. The molecule has 1 saturated heterocycles. The Bertz CT molecular complexity index is 433. The number of nitrogens with zero attached hydrogens (tertiary/aromatic N) is 2. The van der Waals surface area contributed by atoms with E-state index in [1.54, 1.807) is 23.4 Å². The van der Waals surface area contributed by atoms with Crippen LogP contribution in [0.4, 0.5) is 5.69 Å². The first-order chi connectivity index (χ1) is 8.72. The van der Waals surface area contributed by atoms with Crippen molar-refractivity contribution in [3.05, 3.63) is 24.5 Å². The van der Waals surface area contributed by atoms with Crippen LogP contribution < -0.4 is 10.2 Å². The molecule has 0 bridgehead atoms. The third kappa shape index (κ3) is 2.67. The molecular formula is C13H17N3O2. The minimum Gasteiger partial charge on any atom is -0.356 e. The van der Waals surface area contributed by atoms with Gasteiger partial charge in [0.2, 0.25) is 11.8 Å². The Morgan fingerprint density at radius 3 is 3.11 bits per heavy atom. The zero-order valence-corrected chi connectivity index (χ0v) is 10.4. The van der Waals surface area contributed by atoms with Crippen molar-refractivity contribution in [1.29, 1.82) is 0 Å². The van der Waals surface area contributed by atoms with Crippen LogP contribution in [0.5, 0.6) is 0 Å². The fourth-order valence-corrected chi connectivity index (χ4v) is 2.04. The van der Waals surface area contributed by atoms with Crippen molar-refractivity contribution in [2.24, 2.45) is 5.92 Å². The summed E-state index contributed by atoms with van der Waals surface area (Å²) in [7, 11) is 0. The lowest BCUT2D eigenvalue weighted by atomic mass is 10.1. The fraction of sp³-hybridized carbons (Fsp3) is 0.462. The molecule has 1 atom stereocenters. The molecule has 0 spiro atoms. The maximum atomic E-state index is 11.9. The summed E-state index contributed by atoms with van der Waals surface area (Å²) >= 11 is 0. The highest BCUT2D eigenvalue weighted by atomic mass is 16.2. The lowest BCUT2D eigenvalue weighted by Crippen LogP contribution is -2.33. The Balaban J connectivity index is 2.01. The highest BCUT2D eigenvalue weighted by Gasteiger charge is 2.34. The van der Waals surface area contributed by atoms with E-state index in [1.807, 2.05) is 13.0 Å². The largest absolute Gasteiger partial charge is 0.356 e. The zero-order valence-electron chi connectivity index (χ0n) is 10.4. The summed E-state index contributed by atoms with van der Waals surface area (Å²) in [4.78, 5) is 29.3. The highest BCUT2D eigenvalue weighted by molar-refractivity contribution is 6.00. The Labute approximate surface area is 106 Å². The number of rotatable bonds is 4. The summed E-state index contributed by atoms with van der Waals surface area (Å²) in [5.41, 5.74) is 0.758.